The van der Waals surface area contributed by atoms with Crippen LogP contribution in [0.25, 0.3) is 10.9 Å². The Hall–Kier alpha value is -3.91. The van der Waals surface area contributed by atoms with Gasteiger partial charge in [-0.25, -0.2) is 8.42 Å². The van der Waals surface area contributed by atoms with Crippen molar-refractivity contribution < 1.29 is 13.2 Å². The van der Waals surface area contributed by atoms with Crippen LogP contribution in [-0.4, -0.2) is 32.9 Å². The van der Waals surface area contributed by atoms with Gasteiger partial charge in [0.1, 0.15) is 5.56 Å². The highest BCUT2D eigenvalue weighted by atomic mass is 32.2. The van der Waals surface area contributed by atoms with E-state index >= 15 is 0 Å². The van der Waals surface area contributed by atoms with Crippen molar-refractivity contribution in [2.45, 2.75) is 18.2 Å². The highest BCUT2D eigenvalue weighted by Gasteiger charge is 2.28. The van der Waals surface area contributed by atoms with E-state index in [-0.39, 0.29) is 15.8 Å². The summed E-state index contributed by atoms with van der Waals surface area (Å²) in [6.45, 7) is 2.33. The van der Waals surface area contributed by atoms with Crippen LogP contribution in [0.4, 0.5) is 11.4 Å². The fourth-order valence-corrected chi connectivity index (χ4v) is 5.70. The smallest absolute Gasteiger partial charge is 0.264 e. The third-order valence-corrected chi connectivity index (χ3v) is 8.10. The number of carbonyl (C=O) groups is 1. The molecule has 172 valence electrons. The molecule has 0 atom stereocenters. The van der Waals surface area contributed by atoms with Crippen LogP contribution in [0.2, 0.25) is 0 Å². The Morgan fingerprint density at radius 1 is 1.03 bits per heavy atom. The van der Waals surface area contributed by atoms with Crippen LogP contribution in [0.5, 0.6) is 0 Å². The number of benzene rings is 3. The number of anilines is 2. The summed E-state index contributed by atoms with van der Waals surface area (Å²) in [5.74, 6) is -0.404. The van der Waals surface area contributed by atoms with E-state index in [0.29, 0.717) is 17.7 Å². The molecule has 0 radical (unpaired) electrons. The summed E-state index contributed by atoms with van der Waals surface area (Å²) in [5.41, 5.74) is 3.15. The van der Waals surface area contributed by atoms with Gasteiger partial charge in [-0.15, -0.1) is 0 Å². The van der Waals surface area contributed by atoms with E-state index in [4.69, 9.17) is 0 Å². The highest BCUT2D eigenvalue weighted by molar-refractivity contribution is 7.92. The van der Waals surface area contributed by atoms with Gasteiger partial charge in [0.05, 0.1) is 10.6 Å². The van der Waals surface area contributed by atoms with Crippen molar-refractivity contribution in [2.75, 3.05) is 22.8 Å². The number of aromatic nitrogens is 1. The van der Waals surface area contributed by atoms with E-state index in [2.05, 4.69) is 4.98 Å². The number of nitrogens with zero attached hydrogens (tertiary/aromatic N) is 2. The zero-order valence-corrected chi connectivity index (χ0v) is 19.6. The van der Waals surface area contributed by atoms with E-state index < -0.39 is 21.4 Å². The van der Waals surface area contributed by atoms with Crippen LogP contribution < -0.4 is 14.6 Å². The molecule has 1 aromatic heterocycles. The molecule has 0 fully saturated rings. The van der Waals surface area contributed by atoms with Crippen molar-refractivity contribution in [1.82, 2.24) is 4.98 Å². The molecule has 1 N–H and O–H groups in total. The maximum atomic E-state index is 13.3. The first-order valence-electron chi connectivity index (χ1n) is 10.9. The summed E-state index contributed by atoms with van der Waals surface area (Å²) in [7, 11) is -2.44. The predicted octanol–water partition coefficient (Wildman–Crippen LogP) is 3.86. The summed E-state index contributed by atoms with van der Waals surface area (Å²) in [6.07, 6.45) is 2.13. The lowest BCUT2D eigenvalue weighted by Gasteiger charge is -2.21. The summed E-state index contributed by atoms with van der Waals surface area (Å²) >= 11 is 0. The van der Waals surface area contributed by atoms with Crippen molar-refractivity contribution in [2.24, 2.45) is 0 Å². The monoisotopic (exact) mass is 473 g/mol. The van der Waals surface area contributed by atoms with Gasteiger partial charge in [0, 0.05) is 36.4 Å². The fourth-order valence-electron chi connectivity index (χ4n) is 4.42. The van der Waals surface area contributed by atoms with Crippen LogP contribution >= 0.6 is 0 Å². The molecule has 7 nitrogen and oxygen atoms in total. The number of aromatic amines is 1. The van der Waals surface area contributed by atoms with Gasteiger partial charge < -0.3 is 9.88 Å². The minimum Gasteiger partial charge on any atom is -0.360 e. The van der Waals surface area contributed by atoms with Gasteiger partial charge in [0.25, 0.3) is 15.9 Å². The molecule has 0 saturated heterocycles. The number of aryl methyl sites for hydroxylation is 1. The second kappa shape index (κ2) is 8.14. The minimum absolute atomic E-state index is 0.0210. The zero-order valence-electron chi connectivity index (χ0n) is 18.8. The molecule has 0 spiro atoms. The van der Waals surface area contributed by atoms with E-state index in [1.165, 1.54) is 29.7 Å². The number of rotatable bonds is 4. The van der Waals surface area contributed by atoms with Crippen LogP contribution in [0, 0.1) is 6.92 Å². The van der Waals surface area contributed by atoms with E-state index in [1.807, 2.05) is 43.3 Å². The number of sulfonamides is 1. The highest BCUT2D eigenvalue weighted by Crippen LogP contribution is 2.29. The van der Waals surface area contributed by atoms with Crippen LogP contribution in [-0.2, 0) is 16.4 Å². The minimum atomic E-state index is -3.93. The van der Waals surface area contributed by atoms with E-state index in [0.717, 1.165) is 23.2 Å². The molecule has 3 aromatic carbocycles. The van der Waals surface area contributed by atoms with Crippen molar-refractivity contribution in [3.05, 3.63) is 99.8 Å². The molecular formula is C26H23N3O4S. The summed E-state index contributed by atoms with van der Waals surface area (Å²) < 4.78 is 27.9. The Morgan fingerprint density at radius 3 is 2.56 bits per heavy atom. The number of carbonyl (C=O) groups excluding carboxylic acids is 1. The topological polar surface area (TPSA) is 90.6 Å². The van der Waals surface area contributed by atoms with Crippen LogP contribution in [0.1, 0.15) is 21.5 Å². The van der Waals surface area contributed by atoms with Gasteiger partial charge in [-0.2, -0.15) is 0 Å². The lowest BCUT2D eigenvalue weighted by atomic mass is 10.1. The maximum Gasteiger partial charge on any atom is 0.264 e. The molecule has 2 heterocycles. The molecule has 0 aliphatic carbocycles. The average Bonchev–Trinajstić information content (AvgIpc) is 3.28. The Morgan fingerprint density at radius 2 is 1.76 bits per heavy atom. The van der Waals surface area contributed by atoms with Gasteiger partial charge >= 0.3 is 0 Å². The molecule has 8 heteroatoms. The fraction of sp³-hybridized carbons (Fsp3) is 0.154. The Balaban J connectivity index is 1.57. The van der Waals surface area contributed by atoms with Crippen molar-refractivity contribution in [3.63, 3.8) is 0 Å². The number of nitrogens with one attached hydrogen (secondary N) is 1. The number of amides is 1. The SMILES string of the molecule is Cc1ccccc1N(C)S(=O)(=O)c1ccc2[nH]cc(C(=O)N3CCc4ccccc43)c(=O)c2c1. The molecule has 0 bridgehead atoms. The first kappa shape index (κ1) is 21.9. The summed E-state index contributed by atoms with van der Waals surface area (Å²) in [6, 6.07) is 19.1. The van der Waals surface area contributed by atoms with Gasteiger partial charge in [-0.05, 0) is 54.8 Å². The van der Waals surface area contributed by atoms with E-state index in [1.54, 1.807) is 23.1 Å². The first-order chi connectivity index (χ1) is 16.3. The first-order valence-corrected chi connectivity index (χ1v) is 12.3. The third-order valence-electron chi connectivity index (χ3n) is 6.33. The quantitative estimate of drug-likeness (QED) is 0.487. The molecule has 0 saturated carbocycles. The van der Waals surface area contributed by atoms with Gasteiger partial charge in [0.2, 0.25) is 5.43 Å². The van der Waals surface area contributed by atoms with Crippen molar-refractivity contribution in [3.8, 4) is 0 Å². The standard InChI is InChI=1S/C26H23N3O4S/c1-17-7-3-5-9-23(17)28(2)34(32,33)19-11-12-22-20(15-19)25(30)21(16-27-22)26(31)29-14-13-18-8-4-6-10-24(18)29/h3-12,15-16H,13-14H2,1-2H3,(H,27,30). The average molecular weight is 474 g/mol. The van der Waals surface area contributed by atoms with Gasteiger partial charge in [-0.1, -0.05) is 36.4 Å². The largest absolute Gasteiger partial charge is 0.360 e. The molecular weight excluding hydrogens is 450 g/mol. The van der Waals surface area contributed by atoms with Crippen molar-refractivity contribution >= 4 is 38.2 Å². The van der Waals surface area contributed by atoms with Gasteiger partial charge in [-0.3, -0.25) is 13.9 Å². The molecule has 0 unspecified atom stereocenters. The normalized spacial score (nSPS) is 13.2. The predicted molar refractivity (Wildman–Crippen MR) is 133 cm³/mol. The van der Waals surface area contributed by atoms with Gasteiger partial charge in [0.15, 0.2) is 0 Å². The van der Waals surface area contributed by atoms with Crippen LogP contribution in [0.3, 0.4) is 0 Å². The molecule has 4 aromatic rings. The summed E-state index contributed by atoms with van der Waals surface area (Å²) in [5, 5.41) is 0.151. The lowest BCUT2D eigenvalue weighted by Crippen LogP contribution is -2.33. The number of H-pyrrole nitrogens is 1. The molecule has 5 rings (SSSR count). The van der Waals surface area contributed by atoms with E-state index in [9.17, 15) is 18.0 Å². The molecule has 1 aliphatic rings. The van der Waals surface area contributed by atoms with Crippen molar-refractivity contribution in [1.29, 1.82) is 0 Å². The number of pyridine rings is 1. The lowest BCUT2D eigenvalue weighted by molar-refractivity contribution is 0.0988. The molecule has 1 amide bonds. The molecule has 1 aliphatic heterocycles. The third kappa shape index (κ3) is 3.47. The molecule has 34 heavy (non-hydrogen) atoms. The summed E-state index contributed by atoms with van der Waals surface area (Å²) in [4.78, 5) is 31.2. The Labute approximate surface area is 197 Å². The maximum absolute atomic E-state index is 13.3. The number of hydrogen-bond acceptors (Lipinski definition) is 4. The van der Waals surface area contributed by atoms with Crippen LogP contribution in [0.15, 0.2) is 82.6 Å². The number of para-hydroxylation sites is 2. The number of hydrogen-bond donors (Lipinski definition) is 1. The second-order valence-electron chi connectivity index (χ2n) is 8.33. The zero-order chi connectivity index (χ0) is 24.0. The second-order valence-corrected chi connectivity index (χ2v) is 10.3. The Kier molecular flexibility index (Phi) is 5.25. The number of fused-ring (bicyclic) bond motifs is 2. The Bertz CT molecular complexity index is 1610.